The molecule has 0 bridgehead atoms. The number of esters is 2. The highest BCUT2D eigenvalue weighted by atomic mass is 16.7. The molecule has 0 spiro atoms. The highest BCUT2D eigenvalue weighted by Crippen LogP contribution is 2.32. The van der Waals surface area contributed by atoms with Gasteiger partial charge in [0, 0.05) is 13.1 Å². The van der Waals surface area contributed by atoms with Crippen molar-refractivity contribution in [3.05, 3.63) is 34.4 Å². The molecular formula is C22H32N2O7. The molecule has 0 aromatic heterocycles. The van der Waals surface area contributed by atoms with E-state index in [1.54, 1.807) is 12.2 Å². The molecule has 31 heavy (non-hydrogen) atoms. The first-order chi connectivity index (χ1) is 14.7. The molecule has 1 saturated heterocycles. The number of rotatable bonds is 8. The third-order valence-corrected chi connectivity index (χ3v) is 5.70. The predicted octanol–water partition coefficient (Wildman–Crippen LogP) is 1.66. The average Bonchev–Trinajstić information content (AvgIpc) is 2.75. The molecule has 9 nitrogen and oxygen atoms in total. The molecule has 1 aliphatic rings. The maximum Gasteiger partial charge on any atom is 0.334 e. The Labute approximate surface area is 183 Å². The van der Waals surface area contributed by atoms with Crippen LogP contribution in [0.5, 0.6) is 0 Å². The fraction of sp³-hybridized carbons (Fsp3) is 0.591. The standard InChI is InChI=1S/C22H32N2O7/c1-15-11-16(2)18(17(3)12-15)13-19(25)24(31-14-20(26)28-4)22(21(27)29-5)7-9-23(30-6)10-8-22/h11-12H,7-10,13-14H2,1-6H3. The molecule has 9 heteroatoms. The van der Waals surface area contributed by atoms with E-state index in [4.69, 9.17) is 14.4 Å². The largest absolute Gasteiger partial charge is 0.467 e. The third-order valence-electron chi connectivity index (χ3n) is 5.70. The third kappa shape index (κ3) is 5.61. The SMILES string of the molecule is COC(=O)CON(C(=O)Cc1c(C)cc(C)cc1C)C1(C(=O)OC)CCN(OC)CC1. The van der Waals surface area contributed by atoms with Crippen molar-refractivity contribution in [2.45, 2.75) is 45.6 Å². The van der Waals surface area contributed by atoms with Crippen LogP contribution in [0.4, 0.5) is 0 Å². The van der Waals surface area contributed by atoms with Crippen molar-refractivity contribution in [1.82, 2.24) is 10.1 Å². The first-order valence-corrected chi connectivity index (χ1v) is 10.2. The number of methoxy groups -OCH3 is 2. The van der Waals surface area contributed by atoms with Gasteiger partial charge >= 0.3 is 11.9 Å². The van der Waals surface area contributed by atoms with Gasteiger partial charge in [-0.1, -0.05) is 17.7 Å². The molecule has 2 rings (SSSR count). The highest BCUT2D eigenvalue weighted by molar-refractivity contribution is 5.89. The van der Waals surface area contributed by atoms with Crippen LogP contribution in [-0.2, 0) is 40.0 Å². The molecule has 1 fully saturated rings. The number of hydrogen-bond acceptors (Lipinski definition) is 8. The lowest BCUT2D eigenvalue weighted by Crippen LogP contribution is -2.62. The Balaban J connectivity index is 2.41. The second-order valence-corrected chi connectivity index (χ2v) is 7.73. The molecular weight excluding hydrogens is 404 g/mol. The van der Waals surface area contributed by atoms with Crippen LogP contribution >= 0.6 is 0 Å². The van der Waals surface area contributed by atoms with Gasteiger partial charge in [-0.25, -0.2) is 14.7 Å². The Morgan fingerprint density at radius 2 is 1.58 bits per heavy atom. The van der Waals surface area contributed by atoms with Crippen LogP contribution in [0.1, 0.15) is 35.1 Å². The maximum absolute atomic E-state index is 13.5. The zero-order valence-corrected chi connectivity index (χ0v) is 19.1. The first kappa shape index (κ1) is 24.8. The molecule has 0 aliphatic carbocycles. The van der Waals surface area contributed by atoms with Crippen molar-refractivity contribution in [3.63, 3.8) is 0 Å². The number of hydroxylamine groups is 4. The van der Waals surface area contributed by atoms with Crippen LogP contribution in [0.3, 0.4) is 0 Å². The molecule has 0 saturated carbocycles. The van der Waals surface area contributed by atoms with Gasteiger partial charge in [0.1, 0.15) is 0 Å². The van der Waals surface area contributed by atoms with E-state index in [0.29, 0.717) is 13.1 Å². The molecule has 1 aliphatic heterocycles. The minimum atomic E-state index is -1.37. The van der Waals surface area contributed by atoms with Crippen LogP contribution < -0.4 is 0 Å². The van der Waals surface area contributed by atoms with Crippen molar-refractivity contribution >= 4 is 17.8 Å². The zero-order chi connectivity index (χ0) is 23.2. The van der Waals surface area contributed by atoms with E-state index in [1.165, 1.54) is 14.2 Å². The predicted molar refractivity (Wildman–Crippen MR) is 112 cm³/mol. The van der Waals surface area contributed by atoms with Gasteiger partial charge in [-0.3, -0.25) is 9.63 Å². The molecule has 1 aromatic carbocycles. The summed E-state index contributed by atoms with van der Waals surface area (Å²) in [7, 11) is 4.04. The van der Waals surface area contributed by atoms with Crippen LogP contribution in [0.25, 0.3) is 0 Å². The van der Waals surface area contributed by atoms with Gasteiger partial charge in [0.2, 0.25) is 0 Å². The lowest BCUT2D eigenvalue weighted by molar-refractivity contribution is -0.248. The number of hydrogen-bond donors (Lipinski definition) is 0. The van der Waals surface area contributed by atoms with Gasteiger partial charge in [0.15, 0.2) is 12.1 Å². The van der Waals surface area contributed by atoms with E-state index >= 15 is 0 Å². The minimum Gasteiger partial charge on any atom is -0.467 e. The van der Waals surface area contributed by atoms with E-state index in [9.17, 15) is 14.4 Å². The molecule has 1 aromatic rings. The number of aryl methyl sites for hydroxylation is 3. The van der Waals surface area contributed by atoms with Gasteiger partial charge in [-0.05, 0) is 50.3 Å². The van der Waals surface area contributed by atoms with E-state index in [1.807, 2.05) is 32.9 Å². The number of benzene rings is 1. The summed E-state index contributed by atoms with van der Waals surface area (Å²) in [4.78, 5) is 49.0. The zero-order valence-electron chi connectivity index (χ0n) is 19.1. The summed E-state index contributed by atoms with van der Waals surface area (Å²) in [6, 6.07) is 4.00. The fourth-order valence-electron chi connectivity index (χ4n) is 4.04. The Bertz CT molecular complexity index is 793. The summed E-state index contributed by atoms with van der Waals surface area (Å²) in [5.41, 5.74) is 2.53. The molecule has 0 radical (unpaired) electrons. The summed E-state index contributed by atoms with van der Waals surface area (Å²) in [6.45, 7) is 6.15. The van der Waals surface area contributed by atoms with Crippen molar-refractivity contribution in [2.75, 3.05) is 41.0 Å². The van der Waals surface area contributed by atoms with Crippen LogP contribution in [0.15, 0.2) is 12.1 Å². The molecule has 0 atom stereocenters. The number of nitrogens with zero attached hydrogens (tertiary/aromatic N) is 2. The van der Waals surface area contributed by atoms with Crippen LogP contribution in [0, 0.1) is 20.8 Å². The fourth-order valence-corrected chi connectivity index (χ4v) is 4.04. The average molecular weight is 437 g/mol. The second-order valence-electron chi connectivity index (χ2n) is 7.73. The molecule has 0 unspecified atom stereocenters. The number of piperidine rings is 1. The lowest BCUT2D eigenvalue weighted by atomic mass is 9.86. The Morgan fingerprint density at radius 3 is 2.06 bits per heavy atom. The highest BCUT2D eigenvalue weighted by Gasteiger charge is 2.51. The van der Waals surface area contributed by atoms with Crippen molar-refractivity contribution in [2.24, 2.45) is 0 Å². The van der Waals surface area contributed by atoms with Gasteiger partial charge < -0.3 is 14.3 Å². The summed E-state index contributed by atoms with van der Waals surface area (Å²) in [5.74, 6) is -1.69. The Kier molecular flexibility index (Phi) is 8.55. The minimum absolute atomic E-state index is 0.0197. The Morgan fingerprint density at radius 1 is 1.00 bits per heavy atom. The van der Waals surface area contributed by atoms with Gasteiger partial charge in [-0.15, -0.1) is 0 Å². The van der Waals surface area contributed by atoms with Crippen LogP contribution in [0.2, 0.25) is 0 Å². The summed E-state index contributed by atoms with van der Waals surface area (Å²) < 4.78 is 9.70. The topological polar surface area (TPSA) is 94.6 Å². The van der Waals surface area contributed by atoms with Crippen molar-refractivity contribution in [3.8, 4) is 0 Å². The lowest BCUT2D eigenvalue weighted by Gasteiger charge is -2.44. The number of ether oxygens (including phenoxy) is 2. The molecule has 1 amide bonds. The summed E-state index contributed by atoms with van der Waals surface area (Å²) in [5, 5.41) is 2.72. The van der Waals surface area contributed by atoms with E-state index in [-0.39, 0.29) is 19.3 Å². The van der Waals surface area contributed by atoms with E-state index in [0.717, 1.165) is 27.3 Å². The van der Waals surface area contributed by atoms with Gasteiger partial charge in [-0.2, -0.15) is 5.06 Å². The smallest absolute Gasteiger partial charge is 0.334 e. The quantitative estimate of drug-likeness (QED) is 0.449. The normalized spacial score (nSPS) is 15.9. The molecule has 172 valence electrons. The number of carbonyl (C=O) groups is 3. The van der Waals surface area contributed by atoms with Gasteiger partial charge in [0.25, 0.3) is 5.91 Å². The van der Waals surface area contributed by atoms with E-state index < -0.39 is 30.0 Å². The summed E-state index contributed by atoms with van der Waals surface area (Å²) in [6.07, 6.45) is 0.477. The van der Waals surface area contributed by atoms with Crippen molar-refractivity contribution in [1.29, 1.82) is 0 Å². The first-order valence-electron chi connectivity index (χ1n) is 10.2. The van der Waals surface area contributed by atoms with Crippen molar-refractivity contribution < 1.29 is 33.5 Å². The Hall–Kier alpha value is -2.49. The second kappa shape index (κ2) is 10.7. The van der Waals surface area contributed by atoms with Crippen LogP contribution in [-0.4, -0.2) is 74.5 Å². The number of amides is 1. The monoisotopic (exact) mass is 436 g/mol. The number of carbonyl (C=O) groups excluding carboxylic acids is 3. The van der Waals surface area contributed by atoms with E-state index in [2.05, 4.69) is 4.74 Å². The van der Waals surface area contributed by atoms with Gasteiger partial charge in [0.05, 0.1) is 27.8 Å². The maximum atomic E-state index is 13.5. The molecule has 0 N–H and O–H groups in total. The molecule has 1 heterocycles. The summed E-state index contributed by atoms with van der Waals surface area (Å²) >= 11 is 0.